The number of nitrogens with two attached hydrogens (primary N) is 1. The lowest BCUT2D eigenvalue weighted by Crippen LogP contribution is -2.26. The molecule has 0 aliphatic heterocycles. The van der Waals surface area contributed by atoms with E-state index in [1.165, 1.54) is 4.88 Å². The summed E-state index contributed by atoms with van der Waals surface area (Å²) in [5, 5.41) is 4.92. The highest BCUT2D eigenvalue weighted by molar-refractivity contribution is 7.09. The minimum Gasteiger partial charge on any atom is -0.493 e. The first-order valence-electron chi connectivity index (χ1n) is 6.51. The number of anilines is 1. The quantitative estimate of drug-likeness (QED) is 0.770. The monoisotopic (exact) mass is 290 g/mol. The van der Waals surface area contributed by atoms with E-state index in [1.54, 1.807) is 23.5 Å². The Morgan fingerprint density at radius 2 is 2.20 bits per heavy atom. The molecule has 0 bridgehead atoms. The van der Waals surface area contributed by atoms with Crippen molar-refractivity contribution >= 4 is 22.9 Å². The minimum absolute atomic E-state index is 0.00505. The van der Waals surface area contributed by atoms with E-state index in [1.807, 2.05) is 23.6 Å². The van der Waals surface area contributed by atoms with E-state index in [4.69, 9.17) is 10.5 Å². The van der Waals surface area contributed by atoms with Gasteiger partial charge >= 0.3 is 0 Å². The Labute approximate surface area is 122 Å². The van der Waals surface area contributed by atoms with E-state index >= 15 is 0 Å². The number of amides is 1. The predicted molar refractivity (Wildman–Crippen MR) is 82.0 cm³/mol. The molecule has 0 fully saturated rings. The molecule has 1 aromatic carbocycles. The number of rotatable bonds is 7. The summed E-state index contributed by atoms with van der Waals surface area (Å²) in [7, 11) is 0. The van der Waals surface area contributed by atoms with Crippen molar-refractivity contribution in [3.63, 3.8) is 0 Å². The van der Waals surface area contributed by atoms with Crippen molar-refractivity contribution in [3.8, 4) is 5.75 Å². The summed E-state index contributed by atoms with van der Waals surface area (Å²) in [4.78, 5) is 12.9. The molecule has 0 aliphatic rings. The molecule has 0 aliphatic carbocycles. The lowest BCUT2D eigenvalue weighted by molar-refractivity contribution is -0.121. The van der Waals surface area contributed by atoms with Crippen molar-refractivity contribution in [2.75, 3.05) is 18.9 Å². The number of hydrogen-bond acceptors (Lipinski definition) is 4. The Balaban J connectivity index is 1.60. The molecule has 2 rings (SSSR count). The molecule has 0 spiro atoms. The molecule has 0 saturated heterocycles. The van der Waals surface area contributed by atoms with Crippen LogP contribution in [0.3, 0.4) is 0 Å². The first kappa shape index (κ1) is 14.4. The summed E-state index contributed by atoms with van der Waals surface area (Å²) >= 11 is 1.70. The van der Waals surface area contributed by atoms with Gasteiger partial charge in [-0.1, -0.05) is 12.1 Å². The lowest BCUT2D eigenvalue weighted by Gasteiger charge is -2.07. The van der Waals surface area contributed by atoms with Gasteiger partial charge in [-0.15, -0.1) is 11.3 Å². The second-order valence-corrected chi connectivity index (χ2v) is 5.38. The van der Waals surface area contributed by atoms with Crippen LogP contribution in [0.15, 0.2) is 41.8 Å². The van der Waals surface area contributed by atoms with Crippen LogP contribution in [0, 0.1) is 0 Å². The summed E-state index contributed by atoms with van der Waals surface area (Å²) in [5.74, 6) is 0.696. The maximum absolute atomic E-state index is 11.6. The maximum atomic E-state index is 11.6. The molecule has 0 unspecified atom stereocenters. The number of ether oxygens (including phenoxy) is 1. The minimum atomic E-state index is 0.00505. The fourth-order valence-electron chi connectivity index (χ4n) is 1.73. The Morgan fingerprint density at radius 1 is 1.30 bits per heavy atom. The van der Waals surface area contributed by atoms with Gasteiger partial charge in [0, 0.05) is 23.2 Å². The van der Waals surface area contributed by atoms with Gasteiger partial charge in [0.1, 0.15) is 5.75 Å². The van der Waals surface area contributed by atoms with Gasteiger partial charge in [-0.2, -0.15) is 0 Å². The average molecular weight is 290 g/mol. The van der Waals surface area contributed by atoms with Crippen LogP contribution in [0.1, 0.15) is 11.3 Å². The molecule has 3 N–H and O–H groups in total. The molecule has 1 amide bonds. The number of nitrogens with one attached hydrogen (secondary N) is 1. The van der Waals surface area contributed by atoms with Gasteiger partial charge in [0.2, 0.25) is 5.91 Å². The summed E-state index contributed by atoms with van der Waals surface area (Å²) in [6, 6.07) is 11.3. The van der Waals surface area contributed by atoms with Crippen LogP contribution in [0.4, 0.5) is 5.69 Å². The highest BCUT2D eigenvalue weighted by atomic mass is 32.1. The molecule has 4 nitrogen and oxygen atoms in total. The Morgan fingerprint density at radius 3 is 2.95 bits per heavy atom. The molecule has 0 atom stereocenters. The lowest BCUT2D eigenvalue weighted by atomic mass is 10.3. The van der Waals surface area contributed by atoms with Crippen LogP contribution in [0.2, 0.25) is 0 Å². The van der Waals surface area contributed by atoms with Crippen molar-refractivity contribution < 1.29 is 9.53 Å². The zero-order valence-electron chi connectivity index (χ0n) is 11.2. The van der Waals surface area contributed by atoms with Gasteiger partial charge in [-0.3, -0.25) is 4.79 Å². The van der Waals surface area contributed by atoms with E-state index in [9.17, 15) is 4.79 Å². The molecule has 106 valence electrons. The fraction of sp³-hybridized carbons (Fsp3) is 0.267. The van der Waals surface area contributed by atoms with E-state index in [2.05, 4.69) is 11.4 Å². The van der Waals surface area contributed by atoms with Crippen molar-refractivity contribution in [3.05, 3.63) is 46.7 Å². The van der Waals surface area contributed by atoms with E-state index in [0.29, 0.717) is 31.0 Å². The van der Waals surface area contributed by atoms with Crippen LogP contribution < -0.4 is 15.8 Å². The third-order valence-electron chi connectivity index (χ3n) is 2.73. The molecular formula is C15H18N2O2S. The fourth-order valence-corrected chi connectivity index (χ4v) is 2.44. The van der Waals surface area contributed by atoms with E-state index in [0.717, 1.165) is 6.42 Å². The smallest absolute Gasteiger partial charge is 0.223 e. The number of carbonyl (C=O) groups is 1. The molecule has 1 heterocycles. The SMILES string of the molecule is Nc1cccc(OCCC(=O)NCCc2cccs2)c1. The average Bonchev–Trinajstić information content (AvgIpc) is 2.92. The molecule has 20 heavy (non-hydrogen) atoms. The number of carbonyl (C=O) groups excluding carboxylic acids is 1. The molecule has 2 aromatic rings. The molecule has 5 heteroatoms. The summed E-state index contributed by atoms with van der Waals surface area (Å²) in [6.45, 7) is 1.02. The van der Waals surface area contributed by atoms with Crippen LogP contribution in [0.25, 0.3) is 0 Å². The maximum Gasteiger partial charge on any atom is 0.223 e. The molecule has 0 radical (unpaired) electrons. The van der Waals surface area contributed by atoms with Crippen LogP contribution in [-0.2, 0) is 11.2 Å². The molecular weight excluding hydrogens is 272 g/mol. The van der Waals surface area contributed by atoms with Crippen LogP contribution >= 0.6 is 11.3 Å². The third kappa shape index (κ3) is 4.93. The topological polar surface area (TPSA) is 64.3 Å². The van der Waals surface area contributed by atoms with E-state index < -0.39 is 0 Å². The van der Waals surface area contributed by atoms with Crippen molar-refractivity contribution in [1.29, 1.82) is 0 Å². The number of benzene rings is 1. The highest BCUT2D eigenvalue weighted by Gasteiger charge is 2.02. The van der Waals surface area contributed by atoms with Crippen molar-refractivity contribution in [1.82, 2.24) is 5.32 Å². The van der Waals surface area contributed by atoms with Gasteiger partial charge in [-0.05, 0) is 30.0 Å². The standard InChI is InChI=1S/C15H18N2O2S/c16-12-3-1-4-13(11-12)19-9-7-15(18)17-8-6-14-5-2-10-20-14/h1-5,10-11H,6-9,16H2,(H,17,18). The third-order valence-corrected chi connectivity index (χ3v) is 3.67. The number of thiophene rings is 1. The molecule has 1 aromatic heterocycles. The second-order valence-electron chi connectivity index (χ2n) is 4.35. The zero-order valence-corrected chi connectivity index (χ0v) is 12.0. The zero-order chi connectivity index (χ0) is 14.2. The Hall–Kier alpha value is -2.01. The summed E-state index contributed by atoms with van der Waals surface area (Å²) in [6.07, 6.45) is 1.22. The van der Waals surface area contributed by atoms with Gasteiger partial charge in [-0.25, -0.2) is 0 Å². The first-order chi connectivity index (χ1) is 9.74. The van der Waals surface area contributed by atoms with Gasteiger partial charge in [0.15, 0.2) is 0 Å². The first-order valence-corrected chi connectivity index (χ1v) is 7.39. The Kier molecular flexibility index (Phi) is 5.43. The summed E-state index contributed by atoms with van der Waals surface area (Å²) in [5.41, 5.74) is 6.30. The van der Waals surface area contributed by atoms with Crippen molar-refractivity contribution in [2.45, 2.75) is 12.8 Å². The Bertz CT molecular complexity index is 541. The summed E-state index contributed by atoms with van der Waals surface area (Å²) < 4.78 is 5.47. The van der Waals surface area contributed by atoms with Gasteiger partial charge in [0.05, 0.1) is 13.0 Å². The van der Waals surface area contributed by atoms with Gasteiger partial charge < -0.3 is 15.8 Å². The predicted octanol–water partition coefficient (Wildman–Crippen LogP) is 2.46. The van der Waals surface area contributed by atoms with Crippen LogP contribution in [0.5, 0.6) is 5.75 Å². The van der Waals surface area contributed by atoms with E-state index in [-0.39, 0.29) is 5.91 Å². The normalized spacial score (nSPS) is 10.2. The highest BCUT2D eigenvalue weighted by Crippen LogP contribution is 2.14. The number of nitrogen functional groups attached to an aromatic ring is 1. The van der Waals surface area contributed by atoms with Crippen molar-refractivity contribution in [2.24, 2.45) is 0 Å². The molecule has 0 saturated carbocycles. The number of hydrogen-bond donors (Lipinski definition) is 2. The largest absolute Gasteiger partial charge is 0.493 e. The van der Waals surface area contributed by atoms with Gasteiger partial charge in [0.25, 0.3) is 0 Å². The van der Waals surface area contributed by atoms with Crippen LogP contribution in [-0.4, -0.2) is 19.1 Å². The second kappa shape index (κ2) is 7.55.